The van der Waals surface area contributed by atoms with Crippen LogP contribution in [-0.4, -0.2) is 27.6 Å². The number of anilines is 1. The number of halogens is 1. The summed E-state index contributed by atoms with van der Waals surface area (Å²) in [6.45, 7) is 4.10. The molecule has 28 heavy (non-hydrogen) atoms. The first-order valence-corrected chi connectivity index (χ1v) is 9.95. The van der Waals surface area contributed by atoms with E-state index < -0.39 is 5.82 Å². The van der Waals surface area contributed by atoms with Gasteiger partial charge in [0.05, 0.1) is 4.91 Å². The van der Waals surface area contributed by atoms with Crippen LogP contribution in [-0.2, 0) is 9.59 Å². The molecule has 7 heteroatoms. The predicted octanol–water partition coefficient (Wildman–Crippen LogP) is 4.67. The van der Waals surface area contributed by atoms with Gasteiger partial charge in [-0.3, -0.25) is 14.5 Å². The van der Waals surface area contributed by atoms with Gasteiger partial charge in [0.1, 0.15) is 10.1 Å². The van der Waals surface area contributed by atoms with Gasteiger partial charge in [0, 0.05) is 24.2 Å². The minimum atomic E-state index is -0.402. The van der Waals surface area contributed by atoms with Crippen LogP contribution in [0.1, 0.15) is 23.1 Å². The molecule has 2 aromatic carbocycles. The first-order chi connectivity index (χ1) is 13.4. The van der Waals surface area contributed by atoms with E-state index in [1.165, 1.54) is 17.0 Å². The third-order valence-corrected chi connectivity index (χ3v) is 5.88. The molecule has 0 saturated carbocycles. The Kier molecular flexibility index (Phi) is 6.26. The van der Waals surface area contributed by atoms with Gasteiger partial charge in [-0.1, -0.05) is 54.3 Å². The fourth-order valence-electron chi connectivity index (χ4n) is 2.74. The fraction of sp³-hybridized carbons (Fsp3) is 0.190. The number of carbonyl (C=O) groups excluding carboxylic acids is 2. The van der Waals surface area contributed by atoms with Crippen molar-refractivity contribution in [2.45, 2.75) is 20.3 Å². The van der Waals surface area contributed by atoms with Gasteiger partial charge in [0.2, 0.25) is 5.91 Å². The van der Waals surface area contributed by atoms with Crippen molar-refractivity contribution < 1.29 is 14.0 Å². The van der Waals surface area contributed by atoms with Gasteiger partial charge in [0.25, 0.3) is 5.91 Å². The molecular formula is C21H19FN2O2S2. The normalized spacial score (nSPS) is 15.4. The van der Waals surface area contributed by atoms with Crippen molar-refractivity contribution in [1.82, 2.24) is 4.90 Å². The molecule has 0 aromatic heterocycles. The lowest BCUT2D eigenvalue weighted by molar-refractivity contribution is -0.122. The van der Waals surface area contributed by atoms with E-state index in [1.54, 1.807) is 18.2 Å². The number of thioether (sulfide) groups is 1. The van der Waals surface area contributed by atoms with Gasteiger partial charge < -0.3 is 5.32 Å². The number of aryl methyl sites for hydroxylation is 1. The Morgan fingerprint density at radius 2 is 1.96 bits per heavy atom. The third kappa shape index (κ3) is 4.48. The molecule has 144 valence electrons. The molecule has 0 unspecified atom stereocenters. The van der Waals surface area contributed by atoms with Crippen LogP contribution in [0.2, 0.25) is 0 Å². The zero-order chi connectivity index (χ0) is 20.3. The molecule has 1 fully saturated rings. The number of hydrogen-bond acceptors (Lipinski definition) is 4. The van der Waals surface area contributed by atoms with Crippen LogP contribution in [0.5, 0.6) is 0 Å². The Morgan fingerprint density at radius 1 is 1.21 bits per heavy atom. The highest BCUT2D eigenvalue weighted by molar-refractivity contribution is 8.26. The molecule has 0 radical (unpaired) electrons. The van der Waals surface area contributed by atoms with Crippen LogP contribution >= 0.6 is 24.0 Å². The average molecular weight is 415 g/mol. The van der Waals surface area contributed by atoms with E-state index in [4.69, 9.17) is 12.2 Å². The van der Waals surface area contributed by atoms with E-state index in [9.17, 15) is 14.0 Å². The Balaban J connectivity index is 1.64. The Hall–Kier alpha value is -2.51. The maximum Gasteiger partial charge on any atom is 0.266 e. The van der Waals surface area contributed by atoms with Crippen LogP contribution in [0.3, 0.4) is 0 Å². The summed E-state index contributed by atoms with van der Waals surface area (Å²) in [6.07, 6.45) is 1.61. The molecule has 0 aliphatic carbocycles. The van der Waals surface area contributed by atoms with Gasteiger partial charge in [-0.2, -0.15) is 0 Å². The second-order valence-corrected chi connectivity index (χ2v) is 8.08. The van der Waals surface area contributed by atoms with Crippen molar-refractivity contribution in [2.24, 2.45) is 0 Å². The summed E-state index contributed by atoms with van der Waals surface area (Å²) >= 11 is 6.38. The van der Waals surface area contributed by atoms with Crippen LogP contribution in [0, 0.1) is 19.7 Å². The number of amides is 2. The lowest BCUT2D eigenvalue weighted by atomic mass is 10.1. The van der Waals surface area contributed by atoms with Gasteiger partial charge >= 0.3 is 0 Å². The highest BCUT2D eigenvalue weighted by Gasteiger charge is 2.32. The van der Waals surface area contributed by atoms with Crippen molar-refractivity contribution in [2.75, 3.05) is 11.9 Å². The molecule has 0 spiro atoms. The Labute approximate surface area is 172 Å². The van der Waals surface area contributed by atoms with E-state index in [0.717, 1.165) is 28.6 Å². The molecule has 1 heterocycles. The average Bonchev–Trinajstić information content (AvgIpc) is 2.92. The summed E-state index contributed by atoms with van der Waals surface area (Å²) in [4.78, 5) is 26.6. The summed E-state index contributed by atoms with van der Waals surface area (Å²) in [7, 11) is 0. The highest BCUT2D eigenvalue weighted by Crippen LogP contribution is 2.33. The predicted molar refractivity (Wildman–Crippen MR) is 115 cm³/mol. The summed E-state index contributed by atoms with van der Waals surface area (Å²) in [5.41, 5.74) is 3.19. The zero-order valence-corrected chi connectivity index (χ0v) is 17.1. The smallest absolute Gasteiger partial charge is 0.266 e. The minimum Gasteiger partial charge on any atom is -0.326 e. The van der Waals surface area contributed by atoms with Gasteiger partial charge in [-0.15, -0.1) is 0 Å². The summed E-state index contributed by atoms with van der Waals surface area (Å²) in [5.74, 6) is -0.903. The van der Waals surface area contributed by atoms with Crippen LogP contribution < -0.4 is 5.32 Å². The maximum absolute atomic E-state index is 13.8. The maximum atomic E-state index is 13.8. The number of benzene rings is 2. The standard InChI is InChI=1S/C21H19FN2O2S2/c1-13-6-5-9-17(14(13)2)23-19(25)10-11-24-20(26)18(28-21(24)27)12-15-7-3-4-8-16(15)22/h3-9,12H,10-11H2,1-2H3,(H,23,25)/b18-12+. The first-order valence-electron chi connectivity index (χ1n) is 8.73. The van der Waals surface area contributed by atoms with Gasteiger partial charge in [0.15, 0.2) is 0 Å². The molecule has 1 saturated heterocycles. The van der Waals surface area contributed by atoms with Gasteiger partial charge in [-0.25, -0.2) is 4.39 Å². The van der Waals surface area contributed by atoms with Crippen LogP contribution in [0.25, 0.3) is 6.08 Å². The molecule has 2 aromatic rings. The van der Waals surface area contributed by atoms with Crippen molar-refractivity contribution in [1.29, 1.82) is 0 Å². The van der Waals surface area contributed by atoms with Crippen molar-refractivity contribution in [3.8, 4) is 0 Å². The number of thiocarbonyl (C=S) groups is 1. The summed E-state index contributed by atoms with van der Waals surface area (Å²) in [6, 6.07) is 11.9. The molecular weight excluding hydrogens is 395 g/mol. The van der Waals surface area contributed by atoms with Crippen molar-refractivity contribution >= 4 is 51.9 Å². The number of rotatable bonds is 5. The molecule has 0 atom stereocenters. The molecule has 4 nitrogen and oxygen atoms in total. The third-order valence-electron chi connectivity index (χ3n) is 4.51. The number of nitrogens with zero attached hydrogens (tertiary/aromatic N) is 1. The lowest BCUT2D eigenvalue weighted by Crippen LogP contribution is -2.31. The largest absolute Gasteiger partial charge is 0.326 e. The first kappa shape index (κ1) is 20.2. The lowest BCUT2D eigenvalue weighted by Gasteiger charge is -2.15. The minimum absolute atomic E-state index is 0.118. The molecule has 3 rings (SSSR count). The fourth-order valence-corrected chi connectivity index (χ4v) is 4.04. The van der Waals surface area contributed by atoms with Crippen LogP contribution in [0.15, 0.2) is 47.4 Å². The topological polar surface area (TPSA) is 49.4 Å². The Bertz CT molecular complexity index is 988. The van der Waals surface area contributed by atoms with Crippen molar-refractivity contribution in [3.63, 3.8) is 0 Å². The number of nitrogens with one attached hydrogen (secondary N) is 1. The molecule has 1 N–H and O–H groups in total. The van der Waals surface area contributed by atoms with E-state index >= 15 is 0 Å². The zero-order valence-electron chi connectivity index (χ0n) is 15.5. The molecule has 2 amide bonds. The Morgan fingerprint density at radius 3 is 2.71 bits per heavy atom. The van der Waals surface area contributed by atoms with E-state index in [-0.39, 0.29) is 24.8 Å². The SMILES string of the molecule is Cc1cccc(NC(=O)CCN2C(=O)/C(=C\c3ccccc3F)SC2=S)c1C. The van der Waals surface area contributed by atoms with E-state index in [1.807, 2.05) is 32.0 Å². The monoisotopic (exact) mass is 414 g/mol. The number of hydrogen-bond donors (Lipinski definition) is 1. The number of carbonyl (C=O) groups is 2. The van der Waals surface area contributed by atoms with Gasteiger partial charge in [-0.05, 0) is 43.2 Å². The van der Waals surface area contributed by atoms with E-state index in [0.29, 0.717) is 14.8 Å². The molecule has 0 bridgehead atoms. The summed E-state index contributed by atoms with van der Waals surface area (Å²) < 4.78 is 14.2. The molecule has 1 aliphatic heterocycles. The summed E-state index contributed by atoms with van der Waals surface area (Å²) in [5, 5.41) is 2.87. The quantitative estimate of drug-likeness (QED) is 0.570. The van der Waals surface area contributed by atoms with Crippen LogP contribution in [0.4, 0.5) is 10.1 Å². The van der Waals surface area contributed by atoms with Crippen molar-refractivity contribution in [3.05, 3.63) is 69.9 Å². The highest BCUT2D eigenvalue weighted by atomic mass is 32.2. The second-order valence-electron chi connectivity index (χ2n) is 6.40. The second kappa shape index (κ2) is 8.67. The van der Waals surface area contributed by atoms with E-state index in [2.05, 4.69) is 5.32 Å². The molecule has 1 aliphatic rings.